The highest BCUT2D eigenvalue weighted by Gasteiger charge is 2.27. The zero-order chi connectivity index (χ0) is 23.4. The van der Waals surface area contributed by atoms with Crippen LogP contribution in [0.5, 0.6) is 0 Å². The van der Waals surface area contributed by atoms with E-state index < -0.39 is 11.8 Å². The molecule has 2 aromatic rings. The average Bonchev–Trinajstić information content (AvgIpc) is 3.19. The molecule has 1 atom stereocenters. The first-order chi connectivity index (χ1) is 15.9. The van der Waals surface area contributed by atoms with E-state index in [-0.39, 0.29) is 6.04 Å². The number of carbonyl (C=O) groups is 2. The van der Waals surface area contributed by atoms with E-state index in [0.717, 1.165) is 50.3 Å². The third kappa shape index (κ3) is 5.72. The summed E-state index contributed by atoms with van der Waals surface area (Å²) in [7, 11) is 4.26. The number of amides is 2. The first-order valence-electron chi connectivity index (χ1n) is 11.8. The number of nitrogens with zero attached hydrogens (tertiary/aromatic N) is 3. The molecule has 0 unspecified atom stereocenters. The fourth-order valence-electron chi connectivity index (χ4n) is 4.62. The molecular weight excluding hydrogens is 414 g/mol. The van der Waals surface area contributed by atoms with Crippen molar-refractivity contribution >= 4 is 17.5 Å². The summed E-state index contributed by atoms with van der Waals surface area (Å²) >= 11 is 0. The molecule has 33 heavy (non-hydrogen) atoms. The molecule has 1 saturated heterocycles. The second-order valence-electron chi connectivity index (χ2n) is 9.29. The quantitative estimate of drug-likeness (QED) is 0.658. The molecule has 1 fully saturated rings. The number of rotatable bonds is 6. The average molecular weight is 450 g/mol. The second-order valence-corrected chi connectivity index (χ2v) is 9.29. The molecular formula is C26H35N5O2. The van der Waals surface area contributed by atoms with Gasteiger partial charge >= 0.3 is 11.8 Å². The van der Waals surface area contributed by atoms with Crippen molar-refractivity contribution < 1.29 is 9.59 Å². The Bertz CT molecular complexity index is 983. The zero-order valence-electron chi connectivity index (χ0n) is 19.9. The number of fused-ring (bicyclic) bond motifs is 1. The van der Waals surface area contributed by atoms with Crippen LogP contribution in [0.2, 0.25) is 0 Å². The van der Waals surface area contributed by atoms with Gasteiger partial charge in [0.1, 0.15) is 0 Å². The number of nitrogens with one attached hydrogen (secondary N) is 2. The maximum Gasteiger partial charge on any atom is 0.309 e. The summed E-state index contributed by atoms with van der Waals surface area (Å²) in [6, 6.07) is 14.6. The standard InChI is InChI=1S/C26H35N5O2/c1-19-4-6-20(7-5-19)17-27-25(32)26(33)28-18-24(31-14-12-29(2)13-15-31)21-8-9-23-22(16-21)10-11-30(23)3/h4-9,16,24H,10-15,17-18H2,1-3H3,(H,27,32)(H,28,33)/t24-/m0/s1. The van der Waals surface area contributed by atoms with Gasteiger partial charge in [-0.25, -0.2) is 0 Å². The first-order valence-corrected chi connectivity index (χ1v) is 11.8. The fourth-order valence-corrected chi connectivity index (χ4v) is 4.62. The molecule has 2 aromatic carbocycles. The van der Waals surface area contributed by atoms with Crippen molar-refractivity contribution in [2.24, 2.45) is 0 Å². The number of hydrogen-bond acceptors (Lipinski definition) is 5. The number of piperazine rings is 1. The van der Waals surface area contributed by atoms with Gasteiger partial charge in [0.05, 0.1) is 6.04 Å². The molecule has 0 aliphatic carbocycles. The second kappa shape index (κ2) is 10.4. The van der Waals surface area contributed by atoms with Crippen LogP contribution in [0.3, 0.4) is 0 Å². The molecule has 0 aromatic heterocycles. The molecule has 0 spiro atoms. The lowest BCUT2D eigenvalue weighted by Crippen LogP contribution is -2.49. The number of hydrogen-bond donors (Lipinski definition) is 2. The molecule has 7 heteroatoms. The lowest BCUT2D eigenvalue weighted by molar-refractivity contribution is -0.139. The van der Waals surface area contributed by atoms with Gasteiger partial charge in [0, 0.05) is 58.5 Å². The number of benzene rings is 2. The summed E-state index contributed by atoms with van der Waals surface area (Å²) in [5, 5.41) is 5.62. The summed E-state index contributed by atoms with van der Waals surface area (Å²) in [5.41, 5.74) is 5.98. The van der Waals surface area contributed by atoms with Gasteiger partial charge in [-0.15, -0.1) is 0 Å². The van der Waals surface area contributed by atoms with Crippen molar-refractivity contribution in [3.05, 3.63) is 64.7 Å². The van der Waals surface area contributed by atoms with Crippen LogP contribution in [-0.4, -0.2) is 75.0 Å². The van der Waals surface area contributed by atoms with Crippen LogP contribution >= 0.6 is 0 Å². The van der Waals surface area contributed by atoms with Crippen molar-refractivity contribution in [3.8, 4) is 0 Å². The molecule has 2 amide bonds. The molecule has 2 N–H and O–H groups in total. The predicted molar refractivity (Wildman–Crippen MR) is 131 cm³/mol. The van der Waals surface area contributed by atoms with Gasteiger partial charge in [-0.1, -0.05) is 42.0 Å². The highest BCUT2D eigenvalue weighted by atomic mass is 16.2. The van der Waals surface area contributed by atoms with E-state index in [0.29, 0.717) is 13.1 Å². The summed E-state index contributed by atoms with van der Waals surface area (Å²) in [6.45, 7) is 7.68. The zero-order valence-corrected chi connectivity index (χ0v) is 19.9. The normalized spacial score (nSPS) is 17.5. The Morgan fingerprint density at radius 2 is 1.61 bits per heavy atom. The summed E-state index contributed by atoms with van der Waals surface area (Å²) in [5.74, 6) is -1.18. The summed E-state index contributed by atoms with van der Waals surface area (Å²) in [4.78, 5) is 32.0. The van der Waals surface area contributed by atoms with Crippen molar-refractivity contribution in [3.63, 3.8) is 0 Å². The topological polar surface area (TPSA) is 67.9 Å². The largest absolute Gasteiger partial charge is 0.374 e. The van der Waals surface area contributed by atoms with Crippen molar-refractivity contribution in [1.82, 2.24) is 20.4 Å². The maximum atomic E-state index is 12.6. The van der Waals surface area contributed by atoms with Crippen molar-refractivity contribution in [1.29, 1.82) is 0 Å². The van der Waals surface area contributed by atoms with Gasteiger partial charge in [-0.3, -0.25) is 14.5 Å². The Morgan fingerprint density at radius 3 is 2.33 bits per heavy atom. The summed E-state index contributed by atoms with van der Waals surface area (Å²) < 4.78 is 0. The van der Waals surface area contributed by atoms with Gasteiger partial charge in [-0.2, -0.15) is 0 Å². The predicted octanol–water partition coefficient (Wildman–Crippen LogP) is 1.71. The van der Waals surface area contributed by atoms with E-state index in [1.54, 1.807) is 0 Å². The van der Waals surface area contributed by atoms with E-state index in [1.165, 1.54) is 16.8 Å². The van der Waals surface area contributed by atoms with Crippen LogP contribution in [0.1, 0.15) is 28.3 Å². The van der Waals surface area contributed by atoms with E-state index >= 15 is 0 Å². The van der Waals surface area contributed by atoms with E-state index in [9.17, 15) is 9.59 Å². The Balaban J connectivity index is 1.40. The smallest absolute Gasteiger partial charge is 0.309 e. The molecule has 2 aliphatic heterocycles. The number of anilines is 1. The minimum Gasteiger partial charge on any atom is -0.374 e. The van der Waals surface area contributed by atoms with E-state index in [1.807, 2.05) is 31.2 Å². The van der Waals surface area contributed by atoms with Gasteiger partial charge in [-0.05, 0) is 43.1 Å². The van der Waals surface area contributed by atoms with Crippen LogP contribution in [0.15, 0.2) is 42.5 Å². The minimum absolute atomic E-state index is 0.0451. The van der Waals surface area contributed by atoms with Gasteiger partial charge in [0.15, 0.2) is 0 Å². The maximum absolute atomic E-state index is 12.6. The van der Waals surface area contributed by atoms with Crippen molar-refractivity contribution in [2.75, 3.05) is 58.3 Å². The molecule has 2 aliphatic rings. The third-order valence-electron chi connectivity index (χ3n) is 6.83. The van der Waals surface area contributed by atoms with E-state index in [4.69, 9.17) is 0 Å². The lowest BCUT2D eigenvalue weighted by atomic mass is 10.00. The van der Waals surface area contributed by atoms with Crippen LogP contribution in [0, 0.1) is 6.92 Å². The number of aryl methyl sites for hydroxylation is 1. The monoisotopic (exact) mass is 449 g/mol. The highest BCUT2D eigenvalue weighted by Crippen LogP contribution is 2.31. The first kappa shape index (κ1) is 23.3. The molecule has 0 radical (unpaired) electrons. The summed E-state index contributed by atoms with van der Waals surface area (Å²) in [6.07, 6.45) is 1.04. The lowest BCUT2D eigenvalue weighted by Gasteiger charge is -2.38. The van der Waals surface area contributed by atoms with Crippen LogP contribution in [-0.2, 0) is 22.6 Å². The number of carbonyl (C=O) groups excluding carboxylic acids is 2. The Morgan fingerprint density at radius 1 is 0.909 bits per heavy atom. The highest BCUT2D eigenvalue weighted by molar-refractivity contribution is 6.35. The van der Waals surface area contributed by atoms with E-state index in [2.05, 4.69) is 57.6 Å². The molecule has 176 valence electrons. The van der Waals surface area contributed by atoms with Gasteiger partial charge in [0.2, 0.25) is 0 Å². The number of likely N-dealkylation sites (N-methyl/N-ethyl adjacent to an activating group) is 2. The third-order valence-corrected chi connectivity index (χ3v) is 6.83. The molecule has 2 heterocycles. The SMILES string of the molecule is Cc1ccc(CNC(=O)C(=O)NC[C@@H](c2ccc3c(c2)CCN3C)N2CCN(C)CC2)cc1. The Kier molecular flexibility index (Phi) is 7.30. The van der Waals surface area contributed by atoms with Gasteiger partial charge in [0.25, 0.3) is 0 Å². The Hall–Kier alpha value is -2.90. The van der Waals surface area contributed by atoms with Crippen LogP contribution in [0.4, 0.5) is 5.69 Å². The minimum atomic E-state index is -0.594. The van der Waals surface area contributed by atoms with Crippen molar-refractivity contribution in [2.45, 2.75) is 25.9 Å². The molecule has 0 bridgehead atoms. The molecule has 0 saturated carbocycles. The van der Waals surface area contributed by atoms with Crippen LogP contribution < -0.4 is 15.5 Å². The fraction of sp³-hybridized carbons (Fsp3) is 0.462. The Labute approximate surface area is 196 Å². The molecule has 7 nitrogen and oxygen atoms in total. The van der Waals surface area contributed by atoms with Crippen LogP contribution in [0.25, 0.3) is 0 Å². The van der Waals surface area contributed by atoms with Gasteiger partial charge < -0.3 is 20.4 Å². The molecule has 4 rings (SSSR count).